The van der Waals surface area contributed by atoms with Gasteiger partial charge in [-0.2, -0.15) is 0 Å². The van der Waals surface area contributed by atoms with Crippen LogP contribution in [-0.2, 0) is 9.59 Å². The molecule has 2 rings (SSSR count). The Balaban J connectivity index is 2.36. The molecule has 0 spiro atoms. The molecular formula is C16H15ClNO3S2-. The summed E-state index contributed by atoms with van der Waals surface area (Å²) in [6.45, 7) is 3.62. The molecule has 7 heteroatoms. The number of thiocarbonyl (C=S) groups is 1. The summed E-state index contributed by atoms with van der Waals surface area (Å²) in [5.74, 6) is -1.98. The highest BCUT2D eigenvalue weighted by Gasteiger charge is 2.39. The second kappa shape index (κ2) is 7.47. The van der Waals surface area contributed by atoms with Crippen LogP contribution in [0.5, 0.6) is 0 Å². The number of thioether (sulfide) groups is 1. The van der Waals surface area contributed by atoms with Crippen LogP contribution >= 0.6 is 35.6 Å². The van der Waals surface area contributed by atoms with Crippen LogP contribution in [0.15, 0.2) is 29.2 Å². The largest absolute Gasteiger partial charge is 0.548 e. The molecule has 1 aromatic carbocycles. The smallest absolute Gasteiger partial charge is 0.266 e. The molecule has 0 saturated carbocycles. The Kier molecular flexibility index (Phi) is 5.84. The summed E-state index contributed by atoms with van der Waals surface area (Å²) < 4.78 is 0.225. The van der Waals surface area contributed by atoms with Gasteiger partial charge in [-0.15, -0.1) is 0 Å². The van der Waals surface area contributed by atoms with Crippen LogP contribution in [-0.4, -0.2) is 27.1 Å². The molecule has 4 nitrogen and oxygen atoms in total. The standard InChI is InChI=1S/C16H16ClNO3S2/c1-3-9(2)13(15(20)21)18-14(19)12(23-16(18)22)8-10-6-4-5-7-11(10)17/h4-9,13H,3H2,1-2H3,(H,20,21)/p-1/b12-8-/t9-,13+/m0/s1. The van der Waals surface area contributed by atoms with Gasteiger partial charge in [-0.05, 0) is 23.6 Å². The summed E-state index contributed by atoms with van der Waals surface area (Å²) in [4.78, 5) is 25.6. The van der Waals surface area contributed by atoms with Gasteiger partial charge >= 0.3 is 0 Å². The predicted octanol–water partition coefficient (Wildman–Crippen LogP) is 2.71. The van der Waals surface area contributed by atoms with E-state index in [4.69, 9.17) is 23.8 Å². The van der Waals surface area contributed by atoms with Crippen molar-refractivity contribution in [1.29, 1.82) is 0 Å². The Hall–Kier alpha value is -1.37. The van der Waals surface area contributed by atoms with Crippen molar-refractivity contribution in [2.45, 2.75) is 26.3 Å². The van der Waals surface area contributed by atoms with E-state index in [9.17, 15) is 14.7 Å². The van der Waals surface area contributed by atoms with Gasteiger partial charge in [-0.1, -0.05) is 74.0 Å². The van der Waals surface area contributed by atoms with Crippen LogP contribution in [0.25, 0.3) is 6.08 Å². The third-order valence-corrected chi connectivity index (χ3v) is 5.39. The van der Waals surface area contributed by atoms with E-state index in [1.54, 1.807) is 31.2 Å². The molecule has 0 unspecified atom stereocenters. The monoisotopic (exact) mass is 368 g/mol. The zero-order valence-electron chi connectivity index (χ0n) is 12.6. The van der Waals surface area contributed by atoms with Gasteiger partial charge in [-0.3, -0.25) is 9.69 Å². The Morgan fingerprint density at radius 3 is 2.70 bits per heavy atom. The lowest BCUT2D eigenvalue weighted by atomic mass is 9.98. The summed E-state index contributed by atoms with van der Waals surface area (Å²) in [5.41, 5.74) is 0.684. The maximum Gasteiger partial charge on any atom is 0.266 e. The van der Waals surface area contributed by atoms with Crippen LogP contribution in [0.4, 0.5) is 0 Å². The first-order valence-corrected chi connectivity index (χ1v) is 8.69. The molecule has 0 bridgehead atoms. The van der Waals surface area contributed by atoms with Gasteiger partial charge in [0.05, 0.1) is 16.9 Å². The number of carbonyl (C=O) groups is 2. The third kappa shape index (κ3) is 3.76. The quantitative estimate of drug-likeness (QED) is 0.590. The third-order valence-electron chi connectivity index (χ3n) is 3.72. The van der Waals surface area contributed by atoms with Gasteiger partial charge in [0.25, 0.3) is 5.91 Å². The first kappa shape index (κ1) is 18.0. The molecule has 1 aliphatic heterocycles. The van der Waals surface area contributed by atoms with E-state index in [1.165, 1.54) is 0 Å². The Labute approximate surface area is 149 Å². The fourth-order valence-corrected chi connectivity index (χ4v) is 3.78. The molecule has 2 atom stereocenters. The van der Waals surface area contributed by atoms with Gasteiger partial charge in [0, 0.05) is 5.02 Å². The average Bonchev–Trinajstić information content (AvgIpc) is 2.77. The lowest BCUT2D eigenvalue weighted by Crippen LogP contribution is -2.53. The van der Waals surface area contributed by atoms with E-state index >= 15 is 0 Å². The number of hydrogen-bond donors (Lipinski definition) is 0. The van der Waals surface area contributed by atoms with E-state index in [0.29, 0.717) is 21.9 Å². The first-order valence-electron chi connectivity index (χ1n) is 7.09. The minimum atomic E-state index is -1.30. The number of aliphatic carboxylic acids is 1. The lowest BCUT2D eigenvalue weighted by Gasteiger charge is -2.32. The maximum atomic E-state index is 12.6. The zero-order chi connectivity index (χ0) is 17.1. The molecular weight excluding hydrogens is 354 g/mol. The fourth-order valence-electron chi connectivity index (χ4n) is 2.27. The van der Waals surface area contributed by atoms with Crippen molar-refractivity contribution in [3.05, 3.63) is 39.8 Å². The average molecular weight is 369 g/mol. The molecule has 0 aliphatic carbocycles. The van der Waals surface area contributed by atoms with E-state index in [1.807, 2.05) is 13.0 Å². The molecule has 1 aliphatic rings. The molecule has 0 radical (unpaired) electrons. The Bertz CT molecular complexity index is 690. The summed E-state index contributed by atoms with van der Waals surface area (Å²) in [6.07, 6.45) is 2.23. The highest BCUT2D eigenvalue weighted by molar-refractivity contribution is 8.26. The van der Waals surface area contributed by atoms with Crippen LogP contribution in [0.2, 0.25) is 5.02 Å². The number of benzene rings is 1. The van der Waals surface area contributed by atoms with Crippen molar-refractivity contribution < 1.29 is 14.7 Å². The van der Waals surface area contributed by atoms with Crippen molar-refractivity contribution in [3.63, 3.8) is 0 Å². The number of amides is 1. The number of carboxylic acid groups (broad SMARTS) is 1. The van der Waals surface area contributed by atoms with Gasteiger partial charge in [0.1, 0.15) is 4.32 Å². The first-order chi connectivity index (χ1) is 10.9. The molecule has 1 aromatic rings. The SMILES string of the molecule is CC[C@H](C)[C@H](C(=O)[O-])N1C(=O)/C(=C/c2ccccc2Cl)SC1=S. The van der Waals surface area contributed by atoms with E-state index in [0.717, 1.165) is 16.7 Å². The summed E-state index contributed by atoms with van der Waals surface area (Å²) >= 11 is 12.4. The van der Waals surface area contributed by atoms with E-state index in [-0.39, 0.29) is 10.2 Å². The van der Waals surface area contributed by atoms with Crippen LogP contribution in [0.1, 0.15) is 25.8 Å². The van der Waals surface area contributed by atoms with E-state index in [2.05, 4.69) is 0 Å². The number of nitrogens with zero attached hydrogens (tertiary/aromatic N) is 1. The number of hydrogen-bond acceptors (Lipinski definition) is 5. The highest BCUT2D eigenvalue weighted by Crippen LogP contribution is 2.36. The molecule has 23 heavy (non-hydrogen) atoms. The number of halogens is 1. The van der Waals surface area contributed by atoms with Gasteiger partial charge in [0.2, 0.25) is 0 Å². The van der Waals surface area contributed by atoms with Crippen LogP contribution < -0.4 is 5.11 Å². The highest BCUT2D eigenvalue weighted by atomic mass is 35.5. The lowest BCUT2D eigenvalue weighted by molar-refractivity contribution is -0.311. The van der Waals surface area contributed by atoms with Crippen molar-refractivity contribution in [1.82, 2.24) is 4.90 Å². The zero-order valence-corrected chi connectivity index (χ0v) is 15.0. The minimum Gasteiger partial charge on any atom is -0.548 e. The molecule has 1 heterocycles. The molecule has 1 fully saturated rings. The summed E-state index contributed by atoms with van der Waals surface area (Å²) in [7, 11) is 0. The summed E-state index contributed by atoms with van der Waals surface area (Å²) in [5, 5.41) is 12.0. The van der Waals surface area contributed by atoms with Crippen molar-refractivity contribution in [2.24, 2.45) is 5.92 Å². The normalized spacial score (nSPS) is 19.3. The predicted molar refractivity (Wildman–Crippen MR) is 94.7 cm³/mol. The fraction of sp³-hybridized carbons (Fsp3) is 0.312. The summed E-state index contributed by atoms with van der Waals surface area (Å²) in [6, 6.07) is 6.03. The van der Waals surface area contributed by atoms with Crippen LogP contribution in [0.3, 0.4) is 0 Å². The van der Waals surface area contributed by atoms with Crippen molar-refractivity contribution in [2.75, 3.05) is 0 Å². The number of carbonyl (C=O) groups excluding carboxylic acids is 2. The van der Waals surface area contributed by atoms with E-state index < -0.39 is 17.9 Å². The van der Waals surface area contributed by atoms with Crippen molar-refractivity contribution in [3.8, 4) is 0 Å². The molecule has 1 saturated heterocycles. The number of rotatable bonds is 5. The molecule has 0 aromatic heterocycles. The van der Waals surface area contributed by atoms with Gasteiger partial charge in [-0.25, -0.2) is 0 Å². The van der Waals surface area contributed by atoms with Gasteiger partial charge < -0.3 is 9.90 Å². The number of carboxylic acids is 1. The molecule has 0 N–H and O–H groups in total. The molecule has 122 valence electrons. The Morgan fingerprint density at radius 2 is 2.13 bits per heavy atom. The Morgan fingerprint density at radius 1 is 1.48 bits per heavy atom. The second-order valence-electron chi connectivity index (χ2n) is 5.22. The van der Waals surface area contributed by atoms with Crippen LogP contribution in [0, 0.1) is 5.92 Å². The van der Waals surface area contributed by atoms with Gasteiger partial charge in [0.15, 0.2) is 0 Å². The second-order valence-corrected chi connectivity index (χ2v) is 7.31. The minimum absolute atomic E-state index is 0.225. The maximum absolute atomic E-state index is 12.6. The topological polar surface area (TPSA) is 60.4 Å². The van der Waals surface area contributed by atoms with Crippen molar-refractivity contribution >= 4 is 57.9 Å². The molecule has 1 amide bonds.